The Morgan fingerprint density at radius 1 is 1.37 bits per heavy atom. The van der Waals surface area contributed by atoms with Crippen molar-refractivity contribution in [2.24, 2.45) is 4.99 Å². The number of alkyl halides is 2. The van der Waals surface area contributed by atoms with E-state index < -0.39 is 6.61 Å². The minimum atomic E-state index is -2.94. The molecule has 0 spiro atoms. The largest absolute Gasteiger partial charge is 0.434 e. The molecule has 1 rings (SSSR count). The van der Waals surface area contributed by atoms with Crippen LogP contribution in [0.3, 0.4) is 0 Å². The van der Waals surface area contributed by atoms with E-state index in [1.165, 1.54) is 18.2 Å². The molecule has 0 aliphatic heterocycles. The van der Waals surface area contributed by atoms with Gasteiger partial charge in [0.05, 0.1) is 13.1 Å². The van der Waals surface area contributed by atoms with Crippen molar-refractivity contribution in [3.05, 3.63) is 28.8 Å². The number of nitrogens with zero attached hydrogens (tertiary/aromatic N) is 2. The molecule has 1 aromatic carbocycles. The van der Waals surface area contributed by atoms with Crippen LogP contribution in [0.1, 0.15) is 33.3 Å². The summed E-state index contributed by atoms with van der Waals surface area (Å²) in [6.07, 6.45) is 0. The molecule has 0 atom stereocenters. The second-order valence-electron chi connectivity index (χ2n) is 6.95. The number of amides is 1. The highest BCUT2D eigenvalue weighted by Crippen LogP contribution is 2.25. The minimum absolute atomic E-state index is 0.0159. The van der Waals surface area contributed by atoms with E-state index in [2.05, 4.69) is 20.4 Å². The lowest BCUT2D eigenvalue weighted by Gasteiger charge is -2.25. The third-order valence-electron chi connectivity index (χ3n) is 3.23. The summed E-state index contributed by atoms with van der Waals surface area (Å²) in [6.45, 7) is 5.39. The number of likely N-dealkylation sites (N-methyl/N-ethyl adjacent to an activating group) is 1. The molecule has 0 aliphatic rings. The smallest absolute Gasteiger partial charge is 0.387 e. The monoisotopic (exact) mass is 404 g/mol. The quantitative estimate of drug-likeness (QED) is 0.540. The standard InChI is InChI=1S/C18H27ClF2N4O2/c1-6-22-17(25(5)11-15(26)24-18(2,3)4)23-10-12-9-13(19)7-8-14(12)27-16(20)21/h7-9,16H,6,10-11H2,1-5H3,(H,22,23)(H,24,26). The first-order valence-corrected chi connectivity index (χ1v) is 8.93. The molecule has 0 aliphatic carbocycles. The van der Waals surface area contributed by atoms with Crippen LogP contribution < -0.4 is 15.4 Å². The number of carbonyl (C=O) groups excluding carboxylic acids is 1. The number of benzene rings is 1. The van der Waals surface area contributed by atoms with Gasteiger partial charge in [-0.05, 0) is 45.9 Å². The number of carbonyl (C=O) groups is 1. The number of ether oxygens (including phenoxy) is 1. The third-order valence-corrected chi connectivity index (χ3v) is 3.46. The molecule has 152 valence electrons. The van der Waals surface area contributed by atoms with Crippen LogP contribution in [0.5, 0.6) is 5.75 Å². The molecule has 9 heteroatoms. The van der Waals surface area contributed by atoms with E-state index in [0.717, 1.165) is 0 Å². The predicted molar refractivity (Wildman–Crippen MR) is 103 cm³/mol. The maximum Gasteiger partial charge on any atom is 0.387 e. The van der Waals surface area contributed by atoms with Crippen molar-refractivity contribution >= 4 is 23.5 Å². The van der Waals surface area contributed by atoms with Crippen molar-refractivity contribution in [2.75, 3.05) is 20.1 Å². The van der Waals surface area contributed by atoms with Gasteiger partial charge in [-0.2, -0.15) is 8.78 Å². The van der Waals surface area contributed by atoms with Crippen LogP contribution >= 0.6 is 11.6 Å². The van der Waals surface area contributed by atoms with Crippen molar-refractivity contribution in [3.63, 3.8) is 0 Å². The predicted octanol–water partition coefficient (Wildman–Crippen LogP) is 3.25. The average molecular weight is 405 g/mol. The molecule has 0 heterocycles. The maximum absolute atomic E-state index is 12.6. The molecule has 6 nitrogen and oxygen atoms in total. The number of hydrogen-bond donors (Lipinski definition) is 2. The van der Waals surface area contributed by atoms with E-state index in [1.54, 1.807) is 11.9 Å². The van der Waals surface area contributed by atoms with Gasteiger partial charge in [0.25, 0.3) is 0 Å². The van der Waals surface area contributed by atoms with E-state index in [4.69, 9.17) is 11.6 Å². The van der Waals surface area contributed by atoms with Gasteiger partial charge in [-0.3, -0.25) is 4.79 Å². The summed E-state index contributed by atoms with van der Waals surface area (Å²) in [5, 5.41) is 6.34. The SMILES string of the molecule is CCNC(=NCc1cc(Cl)ccc1OC(F)F)N(C)CC(=O)NC(C)(C)C. The highest BCUT2D eigenvalue weighted by molar-refractivity contribution is 6.30. The van der Waals surface area contributed by atoms with Gasteiger partial charge in [0, 0.05) is 29.7 Å². The van der Waals surface area contributed by atoms with Crippen molar-refractivity contribution in [3.8, 4) is 5.75 Å². The van der Waals surface area contributed by atoms with Gasteiger partial charge in [0.15, 0.2) is 5.96 Å². The Morgan fingerprint density at radius 3 is 2.59 bits per heavy atom. The molecule has 0 unspecified atom stereocenters. The second-order valence-corrected chi connectivity index (χ2v) is 7.39. The van der Waals surface area contributed by atoms with E-state index >= 15 is 0 Å². The molecule has 0 fully saturated rings. The summed E-state index contributed by atoms with van der Waals surface area (Å²) in [5.41, 5.74) is 0.0844. The van der Waals surface area contributed by atoms with Crippen LogP contribution in [0.15, 0.2) is 23.2 Å². The summed E-state index contributed by atoms with van der Waals surface area (Å²) in [7, 11) is 1.72. The van der Waals surface area contributed by atoms with Gasteiger partial charge in [-0.1, -0.05) is 11.6 Å². The van der Waals surface area contributed by atoms with Crippen molar-refractivity contribution in [2.45, 2.75) is 46.4 Å². The fourth-order valence-corrected chi connectivity index (χ4v) is 2.46. The third kappa shape index (κ3) is 8.90. The zero-order valence-electron chi connectivity index (χ0n) is 16.3. The summed E-state index contributed by atoms with van der Waals surface area (Å²) in [5.74, 6) is 0.326. The molecular formula is C18H27ClF2N4O2. The molecule has 0 saturated carbocycles. The Labute approximate surface area is 163 Å². The average Bonchev–Trinajstić information content (AvgIpc) is 2.51. The fraction of sp³-hybridized carbons (Fsp3) is 0.556. The molecule has 0 aromatic heterocycles. The Bertz CT molecular complexity index is 663. The highest BCUT2D eigenvalue weighted by Gasteiger charge is 2.17. The van der Waals surface area contributed by atoms with Crippen LogP contribution in [-0.2, 0) is 11.3 Å². The summed E-state index contributed by atoms with van der Waals surface area (Å²) in [4.78, 5) is 18.2. The number of rotatable bonds is 7. The van der Waals surface area contributed by atoms with Gasteiger partial charge in [0.2, 0.25) is 5.91 Å². The Balaban J connectivity index is 2.93. The second kappa shape index (κ2) is 10.3. The first-order valence-electron chi connectivity index (χ1n) is 8.55. The van der Waals surface area contributed by atoms with Gasteiger partial charge in [-0.25, -0.2) is 4.99 Å². The highest BCUT2D eigenvalue weighted by atomic mass is 35.5. The maximum atomic E-state index is 12.6. The number of halogens is 3. The van der Waals surface area contributed by atoms with E-state index in [0.29, 0.717) is 23.1 Å². The molecule has 27 heavy (non-hydrogen) atoms. The van der Waals surface area contributed by atoms with Crippen LogP contribution in [0, 0.1) is 0 Å². The summed E-state index contributed by atoms with van der Waals surface area (Å²) >= 11 is 5.95. The van der Waals surface area contributed by atoms with Crippen molar-refractivity contribution in [1.82, 2.24) is 15.5 Å². The zero-order chi connectivity index (χ0) is 20.6. The molecule has 0 bridgehead atoms. The lowest BCUT2D eigenvalue weighted by molar-refractivity contribution is -0.122. The van der Waals surface area contributed by atoms with E-state index in [9.17, 15) is 13.6 Å². The minimum Gasteiger partial charge on any atom is -0.434 e. The first-order chi connectivity index (χ1) is 12.5. The van der Waals surface area contributed by atoms with Gasteiger partial charge in [0.1, 0.15) is 5.75 Å². The number of aliphatic imine (C=N–C) groups is 1. The van der Waals surface area contributed by atoms with Crippen LogP contribution in [-0.4, -0.2) is 49.1 Å². The van der Waals surface area contributed by atoms with Crippen LogP contribution in [0.25, 0.3) is 0 Å². The van der Waals surface area contributed by atoms with E-state index in [-0.39, 0.29) is 30.3 Å². The van der Waals surface area contributed by atoms with Crippen LogP contribution in [0.4, 0.5) is 8.78 Å². The normalized spacial score (nSPS) is 12.1. The molecule has 1 aromatic rings. The molecule has 1 amide bonds. The summed E-state index contributed by atoms with van der Waals surface area (Å²) < 4.78 is 29.7. The molecule has 2 N–H and O–H groups in total. The zero-order valence-corrected chi connectivity index (χ0v) is 17.0. The topological polar surface area (TPSA) is 66.0 Å². The Kier molecular flexibility index (Phi) is 8.75. The van der Waals surface area contributed by atoms with Gasteiger partial charge >= 0.3 is 6.61 Å². The molecule has 0 saturated heterocycles. The van der Waals surface area contributed by atoms with Gasteiger partial charge < -0.3 is 20.3 Å². The van der Waals surface area contributed by atoms with Crippen molar-refractivity contribution < 1.29 is 18.3 Å². The van der Waals surface area contributed by atoms with Crippen molar-refractivity contribution in [1.29, 1.82) is 0 Å². The number of hydrogen-bond acceptors (Lipinski definition) is 3. The van der Waals surface area contributed by atoms with Gasteiger partial charge in [-0.15, -0.1) is 0 Å². The lowest BCUT2D eigenvalue weighted by Crippen LogP contribution is -2.48. The Hall–Kier alpha value is -2.09. The first kappa shape index (κ1) is 23.0. The van der Waals surface area contributed by atoms with E-state index in [1.807, 2.05) is 27.7 Å². The number of guanidine groups is 1. The fourth-order valence-electron chi connectivity index (χ4n) is 2.26. The van der Waals surface area contributed by atoms with Crippen LogP contribution in [0.2, 0.25) is 5.02 Å². The Morgan fingerprint density at radius 2 is 2.04 bits per heavy atom. The number of nitrogens with one attached hydrogen (secondary N) is 2. The lowest BCUT2D eigenvalue weighted by atomic mass is 10.1. The summed E-state index contributed by atoms with van der Waals surface area (Å²) in [6, 6.07) is 4.38. The molecular weight excluding hydrogens is 378 g/mol. The molecule has 0 radical (unpaired) electrons.